The lowest BCUT2D eigenvalue weighted by Crippen LogP contribution is -2.49. The number of hydrogen-bond acceptors (Lipinski definition) is 8. The van der Waals surface area contributed by atoms with Crippen LogP contribution >= 0.6 is 0 Å². The third-order valence-corrected chi connectivity index (χ3v) is 5.31. The summed E-state index contributed by atoms with van der Waals surface area (Å²) < 4.78 is 17.9. The van der Waals surface area contributed by atoms with Crippen LogP contribution in [0.1, 0.15) is 40.3 Å². The smallest absolute Gasteiger partial charge is 0.435 e. The Kier molecular flexibility index (Phi) is 9.80. The van der Waals surface area contributed by atoms with Gasteiger partial charge in [0, 0.05) is 18.6 Å². The molecule has 3 N–H and O–H groups in total. The number of rotatable bonds is 11. The van der Waals surface area contributed by atoms with Gasteiger partial charge in [0.05, 0.1) is 23.4 Å². The summed E-state index contributed by atoms with van der Waals surface area (Å²) in [6, 6.07) is 15.9. The molecule has 208 valence electrons. The van der Waals surface area contributed by atoms with Crippen molar-refractivity contribution in [3.8, 4) is 0 Å². The molecule has 0 atom stereocenters. The summed E-state index contributed by atoms with van der Waals surface area (Å²) in [7, 11) is 0. The van der Waals surface area contributed by atoms with Crippen LogP contribution in [0.15, 0.2) is 60.2 Å². The lowest BCUT2D eigenvalue weighted by molar-refractivity contribution is -0.132. The first kappa shape index (κ1) is 29.3. The number of carbonyl (C=O) groups is 3. The van der Waals surface area contributed by atoms with Crippen molar-refractivity contribution >= 4 is 40.6 Å². The molecule has 1 aromatic heterocycles. The third-order valence-electron chi connectivity index (χ3n) is 5.31. The predicted molar refractivity (Wildman–Crippen MR) is 148 cm³/mol. The predicted octanol–water partition coefficient (Wildman–Crippen LogP) is 3.63. The molecule has 0 bridgehead atoms. The van der Waals surface area contributed by atoms with Crippen molar-refractivity contribution in [3.63, 3.8) is 0 Å². The van der Waals surface area contributed by atoms with Gasteiger partial charge in [-0.05, 0) is 58.9 Å². The van der Waals surface area contributed by atoms with E-state index in [0.29, 0.717) is 29.8 Å². The molecular weight excluding hydrogens is 502 g/mol. The number of anilines is 1. The van der Waals surface area contributed by atoms with E-state index in [0.717, 1.165) is 4.68 Å². The zero-order valence-electron chi connectivity index (χ0n) is 22.8. The Morgan fingerprint density at radius 3 is 2.23 bits per heavy atom. The molecule has 1 heterocycles. The average molecular weight is 538 g/mol. The fourth-order valence-electron chi connectivity index (χ4n) is 3.71. The Labute approximate surface area is 227 Å². The van der Waals surface area contributed by atoms with E-state index in [-0.39, 0.29) is 17.8 Å². The van der Waals surface area contributed by atoms with Crippen LogP contribution in [0.3, 0.4) is 0 Å². The summed E-state index contributed by atoms with van der Waals surface area (Å²) in [6.07, 6.45) is -0.0846. The van der Waals surface area contributed by atoms with E-state index in [1.165, 1.54) is 11.1 Å². The first-order valence-electron chi connectivity index (χ1n) is 12.6. The fraction of sp³-hybridized carbons (Fsp3) is 0.357. The van der Waals surface area contributed by atoms with Crippen molar-refractivity contribution in [2.75, 3.05) is 24.8 Å². The minimum absolute atomic E-state index is 0.139. The van der Waals surface area contributed by atoms with Crippen LogP contribution in [0.4, 0.5) is 10.5 Å². The molecule has 39 heavy (non-hydrogen) atoms. The summed E-state index contributed by atoms with van der Waals surface area (Å²) >= 11 is 0. The highest BCUT2D eigenvalue weighted by Crippen LogP contribution is 2.23. The maximum atomic E-state index is 13.4. The number of aromatic nitrogens is 2. The molecule has 0 saturated carbocycles. The highest BCUT2D eigenvalue weighted by Gasteiger charge is 2.25. The first-order valence-corrected chi connectivity index (χ1v) is 12.6. The van der Waals surface area contributed by atoms with Crippen molar-refractivity contribution in [1.29, 1.82) is 0 Å². The highest BCUT2D eigenvalue weighted by molar-refractivity contribution is 6.22. The largest absolute Gasteiger partial charge is 0.442 e. The van der Waals surface area contributed by atoms with Crippen LogP contribution in [-0.4, -0.2) is 59.3 Å². The van der Waals surface area contributed by atoms with Gasteiger partial charge in [-0.15, -0.1) is 0 Å². The number of nitrogens with zero attached hydrogens (tertiary/aromatic N) is 3. The summed E-state index contributed by atoms with van der Waals surface area (Å²) in [4.78, 5) is 38.7. The molecule has 2 aromatic carbocycles. The maximum Gasteiger partial charge on any atom is 0.435 e. The van der Waals surface area contributed by atoms with E-state index >= 15 is 0 Å². The van der Waals surface area contributed by atoms with E-state index in [9.17, 15) is 14.4 Å². The number of hydrogen-bond donors (Lipinski definition) is 2. The van der Waals surface area contributed by atoms with Gasteiger partial charge in [-0.2, -0.15) is 9.78 Å². The molecule has 0 aliphatic rings. The van der Waals surface area contributed by atoms with E-state index in [1.807, 2.05) is 32.0 Å². The summed E-state index contributed by atoms with van der Waals surface area (Å²) in [5.41, 5.74) is 8.54. The van der Waals surface area contributed by atoms with Crippen LogP contribution in [0.2, 0.25) is 0 Å². The quantitative estimate of drug-likeness (QED) is 0.124. The number of para-hydroxylation sites is 2. The molecule has 0 unspecified atom stereocenters. The van der Waals surface area contributed by atoms with Crippen LogP contribution in [-0.2, 0) is 23.8 Å². The van der Waals surface area contributed by atoms with Gasteiger partial charge in [-0.3, -0.25) is 20.0 Å². The van der Waals surface area contributed by atoms with Crippen LogP contribution < -0.4 is 16.2 Å². The van der Waals surface area contributed by atoms with Gasteiger partial charge in [0.2, 0.25) is 0 Å². The minimum atomic E-state index is -0.970. The lowest BCUT2D eigenvalue weighted by atomic mass is 10.1. The van der Waals surface area contributed by atoms with Gasteiger partial charge < -0.3 is 19.9 Å². The normalized spacial score (nSPS) is 12.0. The van der Waals surface area contributed by atoms with Crippen molar-refractivity contribution in [2.45, 2.75) is 46.5 Å². The average Bonchev–Trinajstić information content (AvgIpc) is 3.25. The van der Waals surface area contributed by atoms with Gasteiger partial charge in [0.15, 0.2) is 6.29 Å². The number of fused-ring (bicyclic) bond motifs is 1. The van der Waals surface area contributed by atoms with E-state index in [2.05, 4.69) is 10.5 Å². The number of hydrazine groups is 1. The molecule has 0 spiro atoms. The highest BCUT2D eigenvalue weighted by atomic mass is 16.7. The van der Waals surface area contributed by atoms with Gasteiger partial charge in [-0.25, -0.2) is 4.79 Å². The molecule has 0 radical (unpaired) electrons. The molecule has 11 nitrogen and oxygen atoms in total. The second-order valence-electron chi connectivity index (χ2n) is 9.44. The third kappa shape index (κ3) is 7.88. The molecule has 2 amide bonds. The van der Waals surface area contributed by atoms with Gasteiger partial charge in [0.25, 0.3) is 11.8 Å². The van der Waals surface area contributed by atoms with Crippen molar-refractivity contribution in [1.82, 2.24) is 15.2 Å². The summed E-state index contributed by atoms with van der Waals surface area (Å²) in [6.45, 7) is 9.85. The van der Waals surface area contributed by atoms with Crippen LogP contribution in [0, 0.1) is 0 Å². The van der Waals surface area contributed by atoms with E-state index in [1.54, 1.807) is 57.2 Å². The molecule has 3 aromatic rings. The monoisotopic (exact) mass is 537 g/mol. The maximum absolute atomic E-state index is 13.4. The summed E-state index contributed by atoms with van der Waals surface area (Å²) in [5.74, 6) is -1.74. The number of carbonyl (C=O) groups excluding carboxylic acids is 3. The zero-order chi connectivity index (χ0) is 28.6. The Morgan fingerprint density at radius 1 is 1.03 bits per heavy atom. The number of amides is 2. The van der Waals surface area contributed by atoms with Gasteiger partial charge in [0.1, 0.15) is 11.2 Å². The number of nitrogens with one attached hydrogen (secondary N) is 1. The van der Waals surface area contributed by atoms with Crippen LogP contribution in [0.25, 0.3) is 17.0 Å². The summed E-state index contributed by atoms with van der Waals surface area (Å²) in [5, 5.41) is 6.39. The fourth-order valence-corrected chi connectivity index (χ4v) is 3.71. The number of nitrogens with two attached hydrogens (primary N) is 1. The van der Waals surface area contributed by atoms with Gasteiger partial charge >= 0.3 is 6.09 Å². The molecular formula is C28H35N5O6. The second-order valence-corrected chi connectivity index (χ2v) is 9.44. The Morgan fingerprint density at radius 2 is 1.64 bits per heavy atom. The Balaban J connectivity index is 1.99. The minimum Gasteiger partial charge on any atom is -0.442 e. The second kappa shape index (κ2) is 13.0. The molecule has 0 aliphatic heterocycles. The standard InChI is InChI=1S/C28H35N5O6/c1-6-37-24(38-7-2)18-32(19-13-9-8-10-14-19)31-26(35)21(25(29)34)17-22-20-15-11-12-16-23(20)33(30-22)27(36)39-28(3,4)5/h8-17,24H,6-7,18H2,1-5H3,(H2,29,34)(H,31,35). The topological polar surface area (TPSA) is 138 Å². The lowest BCUT2D eigenvalue weighted by Gasteiger charge is -2.29. The van der Waals surface area contributed by atoms with Crippen molar-refractivity contribution in [3.05, 3.63) is 65.9 Å². The molecule has 3 rings (SSSR count). The zero-order valence-corrected chi connectivity index (χ0v) is 22.8. The first-order chi connectivity index (χ1) is 18.5. The van der Waals surface area contributed by atoms with E-state index < -0.39 is 29.8 Å². The number of primary amides is 1. The van der Waals surface area contributed by atoms with Crippen molar-refractivity contribution in [2.24, 2.45) is 5.73 Å². The van der Waals surface area contributed by atoms with Crippen LogP contribution in [0.5, 0.6) is 0 Å². The molecule has 11 heteroatoms. The molecule has 0 saturated heterocycles. The number of benzene rings is 2. The van der Waals surface area contributed by atoms with Gasteiger partial charge in [-0.1, -0.05) is 36.4 Å². The van der Waals surface area contributed by atoms with Crippen molar-refractivity contribution < 1.29 is 28.6 Å². The molecule has 0 fully saturated rings. The van der Waals surface area contributed by atoms with E-state index in [4.69, 9.17) is 19.9 Å². The number of ether oxygens (including phenoxy) is 3. The molecule has 0 aliphatic carbocycles. The SMILES string of the molecule is CCOC(CN(NC(=O)C(=Cc1nn(C(=O)OC(C)(C)C)c2ccccc12)C(N)=O)c1ccccc1)OCC. The Hall–Kier alpha value is -4.22. The Bertz CT molecular complexity index is 1320.